The molecule has 0 aliphatic rings. The number of H-pyrrole nitrogens is 1. The lowest BCUT2D eigenvalue weighted by Gasteiger charge is -2.14. The number of aromatic nitrogens is 3. The van der Waals surface area contributed by atoms with Gasteiger partial charge in [-0.1, -0.05) is 48.2 Å². The molecule has 5 rings (SSSR count). The molecule has 0 radical (unpaired) electrons. The van der Waals surface area contributed by atoms with Crippen LogP contribution in [0.15, 0.2) is 82.7 Å². The van der Waals surface area contributed by atoms with Crippen LogP contribution in [-0.2, 0) is 9.53 Å². The van der Waals surface area contributed by atoms with Crippen LogP contribution in [0.2, 0.25) is 0 Å². The highest BCUT2D eigenvalue weighted by Crippen LogP contribution is 2.27. The third-order valence-corrected chi connectivity index (χ3v) is 6.71. The number of carbonyl (C=O) groups excluding carboxylic acids is 2. The third-order valence-electron chi connectivity index (χ3n) is 5.77. The van der Waals surface area contributed by atoms with E-state index >= 15 is 0 Å². The number of nitrogens with one attached hydrogen (secondary N) is 2. The summed E-state index contributed by atoms with van der Waals surface area (Å²) in [6.45, 7) is 1.93. The summed E-state index contributed by atoms with van der Waals surface area (Å²) in [5.74, 6) is -0.683. The third kappa shape index (κ3) is 4.36. The van der Waals surface area contributed by atoms with E-state index in [4.69, 9.17) is 9.72 Å². The molecule has 2 aromatic heterocycles. The molecule has 8 nitrogen and oxygen atoms in total. The molecule has 0 spiro atoms. The van der Waals surface area contributed by atoms with Crippen LogP contribution in [0.5, 0.6) is 0 Å². The van der Waals surface area contributed by atoms with Crippen LogP contribution >= 0.6 is 11.8 Å². The van der Waals surface area contributed by atoms with Crippen molar-refractivity contribution in [2.45, 2.75) is 12.1 Å². The fourth-order valence-electron chi connectivity index (χ4n) is 4.00. The maximum atomic E-state index is 13.7. The van der Waals surface area contributed by atoms with E-state index in [-0.39, 0.29) is 17.2 Å². The topological polar surface area (TPSA) is 106 Å². The maximum absolute atomic E-state index is 13.7. The zero-order valence-corrected chi connectivity index (χ0v) is 20.4. The number of hydrogen-bond acceptors (Lipinski definition) is 6. The number of ether oxygens (including phenoxy) is 1. The highest BCUT2D eigenvalue weighted by molar-refractivity contribution is 7.99. The Kier molecular flexibility index (Phi) is 6.30. The highest BCUT2D eigenvalue weighted by atomic mass is 32.2. The van der Waals surface area contributed by atoms with Crippen molar-refractivity contribution in [2.24, 2.45) is 0 Å². The second kappa shape index (κ2) is 9.71. The molecule has 0 saturated heterocycles. The number of anilines is 1. The van der Waals surface area contributed by atoms with Crippen molar-refractivity contribution in [3.05, 3.63) is 94.3 Å². The normalized spacial score (nSPS) is 11.1. The number of fused-ring (bicyclic) bond motifs is 3. The van der Waals surface area contributed by atoms with E-state index in [2.05, 4.69) is 10.3 Å². The molecule has 0 unspecified atom stereocenters. The monoisotopic (exact) mass is 498 g/mol. The van der Waals surface area contributed by atoms with Gasteiger partial charge < -0.3 is 15.0 Å². The predicted molar refractivity (Wildman–Crippen MR) is 141 cm³/mol. The highest BCUT2D eigenvalue weighted by Gasteiger charge is 2.19. The van der Waals surface area contributed by atoms with Crippen LogP contribution in [0.4, 0.5) is 5.69 Å². The first-order chi connectivity index (χ1) is 17.5. The van der Waals surface area contributed by atoms with E-state index in [1.165, 1.54) is 18.9 Å². The number of esters is 1. The molecular weight excluding hydrogens is 476 g/mol. The fraction of sp³-hybridized carbons (Fsp3) is 0.111. The van der Waals surface area contributed by atoms with Crippen LogP contribution in [0, 0.1) is 6.92 Å². The van der Waals surface area contributed by atoms with Gasteiger partial charge in [-0.25, -0.2) is 9.78 Å². The lowest BCUT2D eigenvalue weighted by atomic mass is 10.2. The minimum absolute atomic E-state index is 0.0327. The second-order valence-corrected chi connectivity index (χ2v) is 9.06. The average Bonchev–Trinajstić information content (AvgIpc) is 3.27. The Morgan fingerprint density at radius 1 is 1.03 bits per heavy atom. The smallest absolute Gasteiger partial charge is 0.337 e. The quantitative estimate of drug-likeness (QED) is 0.200. The van der Waals surface area contributed by atoms with Gasteiger partial charge in [-0.05, 0) is 48.9 Å². The lowest BCUT2D eigenvalue weighted by Crippen LogP contribution is -2.23. The maximum Gasteiger partial charge on any atom is 0.337 e. The van der Waals surface area contributed by atoms with Crippen LogP contribution < -0.4 is 10.9 Å². The summed E-state index contributed by atoms with van der Waals surface area (Å²) in [5, 5.41) is 4.08. The number of benzene rings is 3. The van der Waals surface area contributed by atoms with E-state index < -0.39 is 5.97 Å². The molecule has 0 aliphatic heterocycles. The molecule has 0 saturated carbocycles. The second-order valence-electron chi connectivity index (χ2n) is 8.12. The summed E-state index contributed by atoms with van der Waals surface area (Å²) in [5.41, 5.74) is 4.13. The first-order valence-corrected chi connectivity index (χ1v) is 12.2. The fourth-order valence-corrected chi connectivity index (χ4v) is 4.80. The van der Waals surface area contributed by atoms with E-state index in [1.54, 1.807) is 28.8 Å². The van der Waals surface area contributed by atoms with Gasteiger partial charge in [-0.15, -0.1) is 0 Å². The Hall–Kier alpha value is -4.37. The molecular formula is C27H22N4O4S. The van der Waals surface area contributed by atoms with Crippen LogP contribution in [-0.4, -0.2) is 39.3 Å². The summed E-state index contributed by atoms with van der Waals surface area (Å²) < 4.78 is 6.25. The molecule has 2 heterocycles. The number of aromatic amines is 1. The molecule has 1 amide bonds. The molecule has 0 atom stereocenters. The predicted octanol–water partition coefficient (Wildman–Crippen LogP) is 4.69. The number of carbonyl (C=O) groups is 2. The van der Waals surface area contributed by atoms with Gasteiger partial charge in [0.05, 0.1) is 24.1 Å². The van der Waals surface area contributed by atoms with Gasteiger partial charge in [0.2, 0.25) is 5.91 Å². The van der Waals surface area contributed by atoms with Gasteiger partial charge in [0.15, 0.2) is 5.16 Å². The molecule has 0 aliphatic carbocycles. The molecule has 2 N–H and O–H groups in total. The number of aryl methyl sites for hydroxylation is 1. The lowest BCUT2D eigenvalue weighted by molar-refractivity contribution is -0.113. The van der Waals surface area contributed by atoms with Gasteiger partial charge in [-0.2, -0.15) is 0 Å². The van der Waals surface area contributed by atoms with Crippen molar-refractivity contribution >= 4 is 51.3 Å². The number of nitrogens with zero attached hydrogens (tertiary/aromatic N) is 2. The van der Waals surface area contributed by atoms with Gasteiger partial charge in [0, 0.05) is 16.6 Å². The van der Waals surface area contributed by atoms with Crippen molar-refractivity contribution in [3.8, 4) is 5.69 Å². The first kappa shape index (κ1) is 23.4. The number of para-hydroxylation sites is 2. The van der Waals surface area contributed by atoms with Gasteiger partial charge in [-0.3, -0.25) is 14.2 Å². The largest absolute Gasteiger partial charge is 0.465 e. The summed E-state index contributed by atoms with van der Waals surface area (Å²) in [6.07, 6.45) is 0. The Morgan fingerprint density at radius 3 is 2.50 bits per heavy atom. The standard InChI is InChI=1S/C27H22N4O4S/c1-16-7-3-6-10-21(16)31-25(33)24-23(19-8-4-5-9-20(19)29-24)30-27(31)36-15-22(32)28-18-13-11-17(12-14-18)26(34)35-2/h3-14,29H,15H2,1-2H3,(H,28,32). The van der Waals surface area contributed by atoms with Crippen molar-refractivity contribution in [1.82, 2.24) is 14.5 Å². The first-order valence-electron chi connectivity index (χ1n) is 11.2. The zero-order valence-electron chi connectivity index (χ0n) is 19.6. The molecule has 180 valence electrons. The van der Waals surface area contributed by atoms with Crippen LogP contribution in [0.3, 0.4) is 0 Å². The van der Waals surface area contributed by atoms with Crippen LogP contribution in [0.25, 0.3) is 27.6 Å². The summed E-state index contributed by atoms with van der Waals surface area (Å²) in [7, 11) is 1.31. The van der Waals surface area contributed by atoms with Crippen molar-refractivity contribution in [3.63, 3.8) is 0 Å². The number of thioether (sulfide) groups is 1. The van der Waals surface area contributed by atoms with Gasteiger partial charge in [0.1, 0.15) is 11.0 Å². The Bertz CT molecular complexity index is 1670. The SMILES string of the molecule is COC(=O)c1ccc(NC(=O)CSc2nc3c([nH]c4ccccc43)c(=O)n2-c2ccccc2C)cc1. The minimum atomic E-state index is -0.448. The number of rotatable bonds is 6. The molecule has 9 heteroatoms. The summed E-state index contributed by atoms with van der Waals surface area (Å²) >= 11 is 1.18. The Balaban J connectivity index is 1.48. The van der Waals surface area contributed by atoms with Crippen molar-refractivity contribution in [2.75, 3.05) is 18.2 Å². The summed E-state index contributed by atoms with van der Waals surface area (Å²) in [4.78, 5) is 46.0. The van der Waals surface area contributed by atoms with Gasteiger partial charge in [0.25, 0.3) is 5.56 Å². The Morgan fingerprint density at radius 2 is 1.75 bits per heavy atom. The van der Waals surface area contributed by atoms with E-state index in [1.807, 2.05) is 55.5 Å². The van der Waals surface area contributed by atoms with Gasteiger partial charge >= 0.3 is 5.97 Å². The molecule has 3 aromatic carbocycles. The van der Waals surface area contributed by atoms with Crippen molar-refractivity contribution in [1.29, 1.82) is 0 Å². The zero-order chi connectivity index (χ0) is 25.2. The van der Waals surface area contributed by atoms with E-state index in [9.17, 15) is 14.4 Å². The van der Waals surface area contributed by atoms with E-state index in [0.29, 0.717) is 33.1 Å². The Labute approximate surface area is 210 Å². The number of methoxy groups -OCH3 is 1. The minimum Gasteiger partial charge on any atom is -0.465 e. The molecule has 5 aromatic rings. The molecule has 36 heavy (non-hydrogen) atoms. The molecule has 0 fully saturated rings. The average molecular weight is 499 g/mol. The number of hydrogen-bond donors (Lipinski definition) is 2. The number of amides is 1. The van der Waals surface area contributed by atoms with Crippen molar-refractivity contribution < 1.29 is 14.3 Å². The molecule has 0 bridgehead atoms. The van der Waals surface area contributed by atoms with Crippen LogP contribution in [0.1, 0.15) is 15.9 Å². The summed E-state index contributed by atoms with van der Waals surface area (Å²) in [6, 6.07) is 21.6. The van der Waals surface area contributed by atoms with E-state index in [0.717, 1.165) is 16.5 Å².